The maximum Gasteiger partial charge on any atom is 0.336 e. The first-order valence-corrected chi connectivity index (χ1v) is 11.6. The molecule has 0 fully saturated rings. The number of dihydropyridines is 1. The Morgan fingerprint density at radius 2 is 1.63 bits per heavy atom. The molecule has 0 saturated heterocycles. The van der Waals surface area contributed by atoms with E-state index in [4.69, 9.17) is 52.0 Å². The molecule has 2 unspecified atom stereocenters. The van der Waals surface area contributed by atoms with E-state index in [1.165, 1.54) is 7.11 Å². The van der Waals surface area contributed by atoms with E-state index in [1.807, 2.05) is 0 Å². The summed E-state index contributed by atoms with van der Waals surface area (Å²) in [5.41, 5.74) is 7.70. The number of allylic oxidation sites excluding steroid dienone is 1. The molecule has 7 N–H and O–H groups in total. The van der Waals surface area contributed by atoms with Crippen molar-refractivity contribution in [3.8, 4) is 0 Å². The van der Waals surface area contributed by atoms with Crippen LogP contribution in [-0.4, -0.2) is 90.0 Å². The number of benzene rings is 1. The smallest absolute Gasteiger partial charge is 0.336 e. The lowest BCUT2D eigenvalue weighted by Crippen LogP contribution is -2.39. The fraction of sp³-hybridized carbons (Fsp3) is 0.417. The van der Waals surface area contributed by atoms with Gasteiger partial charge in [0.25, 0.3) is 0 Å². The first-order valence-electron chi connectivity index (χ1n) is 11.2. The molecule has 0 bridgehead atoms. The van der Waals surface area contributed by atoms with E-state index in [1.54, 1.807) is 38.1 Å². The van der Waals surface area contributed by atoms with E-state index >= 15 is 0 Å². The Kier molecular flexibility index (Phi) is 13.4. The van der Waals surface area contributed by atoms with Crippen molar-refractivity contribution in [1.82, 2.24) is 5.32 Å². The lowest BCUT2D eigenvalue weighted by molar-refractivity contribution is -0.165. The van der Waals surface area contributed by atoms with Crippen molar-refractivity contribution in [3.05, 3.63) is 57.4 Å². The molecule has 13 nitrogen and oxygen atoms in total. The number of esters is 2. The van der Waals surface area contributed by atoms with Gasteiger partial charge >= 0.3 is 23.9 Å². The molecule has 14 heteroatoms. The average molecular weight is 559 g/mol. The van der Waals surface area contributed by atoms with Crippen molar-refractivity contribution in [2.45, 2.75) is 32.0 Å². The molecular weight excluding hydrogens is 528 g/mol. The number of aliphatic hydroxyl groups is 2. The van der Waals surface area contributed by atoms with Gasteiger partial charge in [-0.05, 0) is 25.5 Å². The number of aliphatic hydroxyl groups excluding tert-OH is 2. The Bertz CT molecular complexity index is 1070. The van der Waals surface area contributed by atoms with Gasteiger partial charge in [0.2, 0.25) is 0 Å². The molecule has 0 saturated carbocycles. The standard InChI is InChI=1S/C20H25ClN2O5.C4H6O6/c1-4-28-20(25)18-15(11-27-10-9-22)23-12(2)16(19(24)26-3)17(18)13-7-5-6-8-14(13)21;5-1(3(7)8)2(6)4(9)10/h5-8,17,23H,4,9-11,22H2,1-3H3;1-2,5-6H,(H,7,8)(H,9,10)/t17-;/m0./s1. The molecule has 1 heterocycles. The number of hydrogen-bond acceptors (Lipinski definition) is 11. The molecule has 38 heavy (non-hydrogen) atoms. The zero-order chi connectivity index (χ0) is 29.0. The molecule has 0 spiro atoms. The van der Waals surface area contributed by atoms with Crippen molar-refractivity contribution >= 4 is 35.5 Å². The van der Waals surface area contributed by atoms with E-state index in [0.717, 1.165) is 0 Å². The second-order valence-corrected chi connectivity index (χ2v) is 8.04. The van der Waals surface area contributed by atoms with E-state index in [2.05, 4.69) is 5.32 Å². The molecule has 2 rings (SSSR count). The van der Waals surface area contributed by atoms with Gasteiger partial charge < -0.3 is 45.7 Å². The quantitative estimate of drug-likeness (QED) is 0.158. The molecule has 3 atom stereocenters. The highest BCUT2D eigenvalue weighted by Crippen LogP contribution is 2.41. The zero-order valence-corrected chi connectivity index (χ0v) is 21.7. The van der Waals surface area contributed by atoms with Crippen molar-refractivity contribution in [1.29, 1.82) is 0 Å². The van der Waals surface area contributed by atoms with E-state index < -0.39 is 42.0 Å². The van der Waals surface area contributed by atoms with Crippen LogP contribution in [0.25, 0.3) is 0 Å². The third-order valence-electron chi connectivity index (χ3n) is 5.08. The summed E-state index contributed by atoms with van der Waals surface area (Å²) < 4.78 is 15.8. The molecule has 1 aromatic rings. The summed E-state index contributed by atoms with van der Waals surface area (Å²) in [6.07, 6.45) is -4.53. The fourth-order valence-electron chi connectivity index (χ4n) is 3.39. The highest BCUT2D eigenvalue weighted by molar-refractivity contribution is 6.31. The van der Waals surface area contributed by atoms with Crippen molar-refractivity contribution in [2.75, 3.05) is 33.5 Å². The van der Waals surface area contributed by atoms with Crippen LogP contribution in [-0.2, 0) is 33.4 Å². The van der Waals surface area contributed by atoms with Crippen LogP contribution in [0.5, 0.6) is 0 Å². The van der Waals surface area contributed by atoms with Gasteiger partial charge in [-0.1, -0.05) is 29.8 Å². The summed E-state index contributed by atoms with van der Waals surface area (Å²) in [4.78, 5) is 45.0. The van der Waals surface area contributed by atoms with Gasteiger partial charge in [0.15, 0.2) is 12.2 Å². The minimum Gasteiger partial charge on any atom is -0.479 e. The Morgan fingerprint density at radius 3 is 2.11 bits per heavy atom. The van der Waals surface area contributed by atoms with Crippen LogP contribution in [0.4, 0.5) is 0 Å². The molecular formula is C24H31ClN2O11. The molecule has 1 aromatic carbocycles. The maximum absolute atomic E-state index is 12.9. The highest BCUT2D eigenvalue weighted by Gasteiger charge is 2.39. The lowest BCUT2D eigenvalue weighted by atomic mass is 9.80. The second kappa shape index (κ2) is 15.7. The second-order valence-electron chi connectivity index (χ2n) is 7.63. The van der Waals surface area contributed by atoms with Crippen molar-refractivity contribution in [2.24, 2.45) is 5.73 Å². The number of methoxy groups -OCH3 is 1. The Balaban J connectivity index is 0.000000612. The normalized spacial score (nSPS) is 16.4. The minimum atomic E-state index is -2.27. The number of halogens is 1. The largest absolute Gasteiger partial charge is 0.479 e. The maximum atomic E-state index is 12.9. The van der Waals surface area contributed by atoms with Crippen LogP contribution >= 0.6 is 11.6 Å². The first kappa shape index (κ1) is 32.5. The number of carboxylic acids is 2. The summed E-state index contributed by atoms with van der Waals surface area (Å²) in [6, 6.07) is 7.05. The summed E-state index contributed by atoms with van der Waals surface area (Å²) in [5.74, 6) is -5.40. The minimum absolute atomic E-state index is 0.109. The number of carboxylic acid groups (broad SMARTS) is 2. The van der Waals surface area contributed by atoms with Gasteiger partial charge in [-0.3, -0.25) is 0 Å². The summed E-state index contributed by atoms with van der Waals surface area (Å²) >= 11 is 6.42. The number of ether oxygens (including phenoxy) is 3. The Labute approximate surface area is 223 Å². The number of nitrogens with two attached hydrogens (primary N) is 1. The Morgan fingerprint density at radius 1 is 1.05 bits per heavy atom. The Hall–Kier alpha value is -3.49. The number of rotatable bonds is 11. The molecule has 0 aliphatic carbocycles. The third kappa shape index (κ3) is 8.53. The summed E-state index contributed by atoms with van der Waals surface area (Å²) in [6.45, 7) is 4.42. The predicted molar refractivity (Wildman–Crippen MR) is 133 cm³/mol. The van der Waals surface area contributed by atoms with Gasteiger partial charge in [-0.2, -0.15) is 0 Å². The van der Waals surface area contributed by atoms with Crippen LogP contribution < -0.4 is 11.1 Å². The molecule has 1 aliphatic heterocycles. The number of hydrogen-bond donors (Lipinski definition) is 6. The van der Waals surface area contributed by atoms with E-state index in [0.29, 0.717) is 40.7 Å². The van der Waals surface area contributed by atoms with E-state index in [-0.39, 0.29) is 18.8 Å². The van der Waals surface area contributed by atoms with Gasteiger partial charge in [-0.25, -0.2) is 19.2 Å². The summed E-state index contributed by atoms with van der Waals surface area (Å²) in [7, 11) is 1.29. The predicted octanol–water partition coefficient (Wildman–Crippen LogP) is 0.144. The SMILES string of the molecule is CCOC(=O)C1=C(COCCN)NC(C)=C(C(=O)OC)[C@@H]1c1ccccc1Cl.O=C(O)C(O)C(O)C(=O)O. The third-order valence-corrected chi connectivity index (χ3v) is 5.42. The van der Waals surface area contributed by atoms with Crippen LogP contribution in [0.15, 0.2) is 46.8 Å². The van der Waals surface area contributed by atoms with Gasteiger partial charge in [0, 0.05) is 17.3 Å². The molecule has 0 radical (unpaired) electrons. The highest BCUT2D eigenvalue weighted by atomic mass is 35.5. The van der Waals surface area contributed by atoms with Gasteiger partial charge in [0.05, 0.1) is 49.7 Å². The van der Waals surface area contributed by atoms with Crippen LogP contribution in [0.2, 0.25) is 5.02 Å². The molecule has 1 aliphatic rings. The van der Waals surface area contributed by atoms with Crippen molar-refractivity contribution < 1.29 is 53.8 Å². The first-order chi connectivity index (χ1) is 17.9. The lowest BCUT2D eigenvalue weighted by Gasteiger charge is -2.31. The van der Waals surface area contributed by atoms with Crippen LogP contribution in [0.3, 0.4) is 0 Å². The van der Waals surface area contributed by atoms with E-state index in [9.17, 15) is 19.2 Å². The average Bonchev–Trinajstić information content (AvgIpc) is 2.87. The summed E-state index contributed by atoms with van der Waals surface area (Å²) in [5, 5.41) is 36.0. The monoisotopic (exact) mass is 558 g/mol. The zero-order valence-electron chi connectivity index (χ0n) is 21.0. The fourth-order valence-corrected chi connectivity index (χ4v) is 3.63. The van der Waals surface area contributed by atoms with Crippen LogP contribution in [0.1, 0.15) is 25.3 Å². The number of aliphatic carboxylic acids is 2. The topological polar surface area (TPSA) is 215 Å². The van der Waals surface area contributed by atoms with Crippen LogP contribution in [0, 0.1) is 0 Å². The number of carbonyl (C=O) groups excluding carboxylic acids is 2. The van der Waals surface area contributed by atoms with Gasteiger partial charge in [0.1, 0.15) is 0 Å². The molecule has 210 valence electrons. The molecule has 0 amide bonds. The molecule has 0 aromatic heterocycles. The number of carbonyl (C=O) groups is 4. The van der Waals surface area contributed by atoms with Crippen molar-refractivity contribution in [3.63, 3.8) is 0 Å². The number of nitrogens with one attached hydrogen (secondary N) is 1. The van der Waals surface area contributed by atoms with Gasteiger partial charge in [-0.15, -0.1) is 0 Å².